The molecule has 0 bridgehead atoms. The van der Waals surface area contributed by atoms with Gasteiger partial charge in [0.05, 0.1) is 12.1 Å². The zero-order chi connectivity index (χ0) is 13.7. The molecule has 5 heteroatoms. The Bertz CT molecular complexity index is 423. The quantitative estimate of drug-likeness (QED) is 0.757. The molecule has 0 heterocycles. The molecule has 0 spiro atoms. The lowest BCUT2D eigenvalue weighted by atomic mass is 9.95. The van der Waals surface area contributed by atoms with Crippen LogP contribution in [-0.4, -0.2) is 22.3 Å². The number of halogens is 1. The molecule has 0 radical (unpaired) electrons. The molecule has 3 N–H and O–H groups in total. The molecule has 1 aromatic rings. The van der Waals surface area contributed by atoms with Gasteiger partial charge in [0, 0.05) is 0 Å². The van der Waals surface area contributed by atoms with Gasteiger partial charge >= 0.3 is 6.09 Å². The molecule has 2 unspecified atom stereocenters. The van der Waals surface area contributed by atoms with Crippen molar-refractivity contribution < 1.29 is 19.4 Å². The van der Waals surface area contributed by atoms with Crippen molar-refractivity contribution in [1.29, 1.82) is 0 Å². The van der Waals surface area contributed by atoms with Crippen LogP contribution in [0.15, 0.2) is 18.2 Å². The fourth-order valence-electron chi connectivity index (χ4n) is 1.94. The number of hydrogen-bond donors (Lipinski definition) is 3. The summed E-state index contributed by atoms with van der Waals surface area (Å²) in [5.41, 5.74) is 0.764. The summed E-state index contributed by atoms with van der Waals surface area (Å²) in [5.74, 6) is -0.405. The smallest absolute Gasteiger partial charge is 0.404 e. The van der Waals surface area contributed by atoms with E-state index in [1.807, 2.05) is 6.92 Å². The normalized spacial score (nSPS) is 14.0. The number of carboxylic acid groups (broad SMARTS) is 1. The monoisotopic (exact) mass is 255 g/mol. The molecule has 100 valence electrons. The fourth-order valence-corrected chi connectivity index (χ4v) is 1.94. The van der Waals surface area contributed by atoms with Crippen LogP contribution in [-0.2, 0) is 0 Å². The lowest BCUT2D eigenvalue weighted by Crippen LogP contribution is -2.38. The molecule has 0 aliphatic carbocycles. The number of rotatable bonds is 5. The second-order valence-corrected chi connectivity index (χ2v) is 4.24. The van der Waals surface area contributed by atoms with Gasteiger partial charge in [-0.1, -0.05) is 25.5 Å². The summed E-state index contributed by atoms with van der Waals surface area (Å²) in [6, 6.07) is 3.79. The fraction of sp³-hybridized carbons (Fsp3) is 0.462. The summed E-state index contributed by atoms with van der Waals surface area (Å²) in [6.45, 7) is 3.46. The first-order valence-corrected chi connectivity index (χ1v) is 5.89. The van der Waals surface area contributed by atoms with Crippen LogP contribution in [0.4, 0.5) is 9.18 Å². The van der Waals surface area contributed by atoms with Gasteiger partial charge < -0.3 is 15.5 Å². The molecule has 0 saturated carbocycles. The third-order valence-electron chi connectivity index (χ3n) is 2.92. The zero-order valence-electron chi connectivity index (χ0n) is 10.5. The van der Waals surface area contributed by atoms with E-state index in [9.17, 15) is 14.3 Å². The van der Waals surface area contributed by atoms with Crippen LogP contribution < -0.4 is 5.32 Å². The van der Waals surface area contributed by atoms with Crippen LogP contribution in [0.25, 0.3) is 0 Å². The maximum atomic E-state index is 13.4. The Balaban J connectivity index is 2.97. The summed E-state index contributed by atoms with van der Waals surface area (Å²) in [4.78, 5) is 10.7. The van der Waals surface area contributed by atoms with Crippen molar-refractivity contribution in [3.8, 4) is 0 Å². The Hall–Kier alpha value is -1.62. The summed E-state index contributed by atoms with van der Waals surface area (Å²) in [7, 11) is 0. The minimum Gasteiger partial charge on any atom is -0.465 e. The van der Waals surface area contributed by atoms with Gasteiger partial charge in [0.2, 0.25) is 0 Å². The van der Waals surface area contributed by atoms with Gasteiger partial charge in [-0.25, -0.2) is 9.18 Å². The molecule has 4 nitrogen and oxygen atoms in total. The number of carbonyl (C=O) groups is 1. The first-order valence-electron chi connectivity index (χ1n) is 5.89. The van der Waals surface area contributed by atoms with Gasteiger partial charge in [-0.3, -0.25) is 0 Å². The first kappa shape index (κ1) is 14.4. The van der Waals surface area contributed by atoms with Crippen molar-refractivity contribution in [1.82, 2.24) is 5.32 Å². The maximum absolute atomic E-state index is 13.4. The number of hydrogen-bond acceptors (Lipinski definition) is 2. The molecule has 18 heavy (non-hydrogen) atoms. The van der Waals surface area contributed by atoms with Gasteiger partial charge in [0.15, 0.2) is 0 Å². The molecule has 1 rings (SSSR count). The topological polar surface area (TPSA) is 69.6 Å². The van der Waals surface area contributed by atoms with E-state index in [2.05, 4.69) is 5.32 Å². The van der Waals surface area contributed by atoms with E-state index in [-0.39, 0.29) is 0 Å². The minimum atomic E-state index is -1.19. The van der Waals surface area contributed by atoms with Crippen LogP contribution in [0.3, 0.4) is 0 Å². The Morgan fingerprint density at radius 3 is 2.72 bits per heavy atom. The van der Waals surface area contributed by atoms with Crippen molar-refractivity contribution in [2.24, 2.45) is 0 Å². The number of aliphatic hydroxyl groups is 1. The summed E-state index contributed by atoms with van der Waals surface area (Å²) < 4.78 is 13.4. The molecular weight excluding hydrogens is 237 g/mol. The van der Waals surface area contributed by atoms with Crippen LogP contribution in [0.1, 0.15) is 37.0 Å². The van der Waals surface area contributed by atoms with Crippen molar-refractivity contribution in [2.75, 3.05) is 0 Å². The molecule has 0 aromatic heterocycles. The minimum absolute atomic E-state index is 0.346. The summed E-state index contributed by atoms with van der Waals surface area (Å²) >= 11 is 0. The van der Waals surface area contributed by atoms with Gasteiger partial charge in [-0.2, -0.15) is 0 Å². The first-order chi connectivity index (χ1) is 8.47. The van der Waals surface area contributed by atoms with Crippen molar-refractivity contribution >= 4 is 6.09 Å². The Morgan fingerprint density at radius 2 is 2.17 bits per heavy atom. The van der Waals surface area contributed by atoms with Crippen LogP contribution in [0, 0.1) is 12.7 Å². The van der Waals surface area contributed by atoms with Gasteiger partial charge in [-0.15, -0.1) is 0 Å². The Kier molecular flexibility index (Phi) is 5.09. The van der Waals surface area contributed by atoms with Gasteiger partial charge in [-0.05, 0) is 30.5 Å². The molecule has 0 aliphatic rings. The average Bonchev–Trinajstić information content (AvgIpc) is 2.31. The maximum Gasteiger partial charge on any atom is 0.404 e. The van der Waals surface area contributed by atoms with Crippen LogP contribution in [0.2, 0.25) is 0 Å². The molecule has 1 amide bonds. The number of aliphatic hydroxyl groups excluding tert-OH is 1. The van der Waals surface area contributed by atoms with Crippen molar-refractivity contribution in [3.05, 3.63) is 35.1 Å². The van der Waals surface area contributed by atoms with Crippen molar-refractivity contribution in [2.45, 2.75) is 38.8 Å². The third-order valence-corrected chi connectivity index (χ3v) is 2.92. The largest absolute Gasteiger partial charge is 0.465 e. The van der Waals surface area contributed by atoms with E-state index in [1.165, 1.54) is 12.1 Å². The third kappa shape index (κ3) is 3.43. The predicted molar refractivity (Wildman–Crippen MR) is 66.0 cm³/mol. The SMILES string of the molecule is CCCC(NC(=O)O)C(O)c1cccc(F)c1C. The van der Waals surface area contributed by atoms with E-state index >= 15 is 0 Å². The highest BCUT2D eigenvalue weighted by Gasteiger charge is 2.23. The molecule has 2 atom stereocenters. The number of nitrogens with one attached hydrogen (secondary N) is 1. The second-order valence-electron chi connectivity index (χ2n) is 4.24. The molecule has 0 saturated heterocycles. The zero-order valence-corrected chi connectivity index (χ0v) is 10.5. The number of benzene rings is 1. The Morgan fingerprint density at radius 1 is 1.50 bits per heavy atom. The standard InChI is InChI=1S/C13H18FNO3/c1-3-5-11(15-13(17)18)12(16)9-6-4-7-10(14)8(9)2/h4,6-7,11-12,15-16H,3,5H2,1-2H3,(H,17,18). The lowest BCUT2D eigenvalue weighted by molar-refractivity contribution is 0.115. The lowest BCUT2D eigenvalue weighted by Gasteiger charge is -2.24. The molecule has 0 aliphatic heterocycles. The van der Waals surface area contributed by atoms with Crippen molar-refractivity contribution in [3.63, 3.8) is 0 Å². The van der Waals surface area contributed by atoms with Gasteiger partial charge in [0.1, 0.15) is 5.82 Å². The van der Waals surface area contributed by atoms with E-state index in [0.717, 1.165) is 6.42 Å². The Labute approximate surface area is 105 Å². The van der Waals surface area contributed by atoms with E-state index < -0.39 is 24.1 Å². The molecule has 1 aromatic carbocycles. The second kappa shape index (κ2) is 6.35. The molecule has 0 fully saturated rings. The van der Waals surface area contributed by atoms with E-state index in [0.29, 0.717) is 17.5 Å². The average molecular weight is 255 g/mol. The highest BCUT2D eigenvalue weighted by molar-refractivity contribution is 5.65. The van der Waals surface area contributed by atoms with Crippen LogP contribution in [0.5, 0.6) is 0 Å². The highest BCUT2D eigenvalue weighted by Crippen LogP contribution is 2.24. The molecular formula is C13H18FNO3. The highest BCUT2D eigenvalue weighted by atomic mass is 19.1. The predicted octanol–water partition coefficient (Wildman–Crippen LogP) is 2.60. The summed E-state index contributed by atoms with van der Waals surface area (Å²) in [5, 5.41) is 21.2. The van der Waals surface area contributed by atoms with E-state index in [1.54, 1.807) is 13.0 Å². The van der Waals surface area contributed by atoms with Gasteiger partial charge in [0.25, 0.3) is 0 Å². The van der Waals surface area contributed by atoms with E-state index in [4.69, 9.17) is 5.11 Å². The summed E-state index contributed by atoms with van der Waals surface area (Å²) in [6.07, 6.45) is -1.03. The van der Waals surface area contributed by atoms with Crippen LogP contribution >= 0.6 is 0 Å². The number of amides is 1.